The molecule has 3 aromatic rings. The number of benzene rings is 2. The summed E-state index contributed by atoms with van der Waals surface area (Å²) < 4.78 is 5.11. The number of hydrogen-bond donors (Lipinski definition) is 0. The molecule has 0 spiro atoms. The van der Waals surface area contributed by atoms with Gasteiger partial charge in [0.05, 0.1) is 30.0 Å². The molecule has 6 nitrogen and oxygen atoms in total. The topological polar surface area (TPSA) is 76.6 Å². The fourth-order valence-electron chi connectivity index (χ4n) is 3.44. The Labute approximate surface area is 174 Å². The molecule has 30 heavy (non-hydrogen) atoms. The molecule has 1 aliphatic rings. The molecule has 2 amide bonds. The average Bonchev–Trinajstić information content (AvgIpc) is 2.99. The lowest BCUT2D eigenvalue weighted by Gasteiger charge is -2.15. The maximum absolute atomic E-state index is 12.7. The van der Waals surface area contributed by atoms with E-state index in [0.29, 0.717) is 16.8 Å². The van der Waals surface area contributed by atoms with Gasteiger partial charge in [-0.1, -0.05) is 42.0 Å². The Morgan fingerprint density at radius 1 is 0.933 bits per heavy atom. The van der Waals surface area contributed by atoms with Gasteiger partial charge in [-0.05, 0) is 49.2 Å². The minimum absolute atomic E-state index is 0.0293. The SMILES string of the molecule is CCOC(=O)c1cc(-c2ccc(C)cc2)cc(CN2C(=O)c3ccccc3C2=O)n1. The van der Waals surface area contributed by atoms with Gasteiger partial charge < -0.3 is 4.74 Å². The Balaban J connectivity index is 1.72. The lowest BCUT2D eigenvalue weighted by atomic mass is 10.0. The first-order valence-electron chi connectivity index (χ1n) is 9.68. The minimum atomic E-state index is -0.546. The molecule has 4 rings (SSSR count). The van der Waals surface area contributed by atoms with Gasteiger partial charge >= 0.3 is 5.97 Å². The fraction of sp³-hybridized carbons (Fsp3) is 0.167. The van der Waals surface area contributed by atoms with Gasteiger partial charge in [0.1, 0.15) is 5.69 Å². The molecule has 2 heterocycles. The zero-order chi connectivity index (χ0) is 21.3. The summed E-state index contributed by atoms with van der Waals surface area (Å²) in [6.45, 7) is 3.91. The average molecular weight is 400 g/mol. The monoisotopic (exact) mass is 400 g/mol. The highest BCUT2D eigenvalue weighted by atomic mass is 16.5. The molecule has 150 valence electrons. The van der Waals surface area contributed by atoms with Crippen LogP contribution in [0.15, 0.2) is 60.7 Å². The van der Waals surface area contributed by atoms with E-state index >= 15 is 0 Å². The second-order valence-corrected chi connectivity index (χ2v) is 7.06. The smallest absolute Gasteiger partial charge is 0.356 e. The van der Waals surface area contributed by atoms with Gasteiger partial charge in [0.2, 0.25) is 0 Å². The maximum atomic E-state index is 12.7. The highest BCUT2D eigenvalue weighted by molar-refractivity contribution is 6.21. The van der Waals surface area contributed by atoms with Gasteiger partial charge in [0.15, 0.2) is 0 Å². The molecule has 0 atom stereocenters. The van der Waals surface area contributed by atoms with E-state index in [4.69, 9.17) is 4.74 Å². The second-order valence-electron chi connectivity index (χ2n) is 7.06. The Morgan fingerprint density at radius 2 is 1.57 bits per heavy atom. The Hall–Kier alpha value is -3.80. The van der Waals surface area contributed by atoms with E-state index in [1.165, 1.54) is 0 Å². The number of nitrogens with zero attached hydrogens (tertiary/aromatic N) is 2. The number of carbonyl (C=O) groups excluding carboxylic acids is 3. The molecule has 0 fully saturated rings. The number of hydrogen-bond acceptors (Lipinski definition) is 5. The molecule has 0 aliphatic carbocycles. The van der Waals surface area contributed by atoms with Crippen LogP contribution in [0.5, 0.6) is 0 Å². The number of fused-ring (bicyclic) bond motifs is 1. The van der Waals surface area contributed by atoms with E-state index in [1.807, 2.05) is 31.2 Å². The number of aromatic nitrogens is 1. The van der Waals surface area contributed by atoms with Crippen LogP contribution < -0.4 is 0 Å². The van der Waals surface area contributed by atoms with E-state index in [0.717, 1.165) is 21.6 Å². The molecular formula is C24H20N2O4. The molecule has 0 saturated carbocycles. The van der Waals surface area contributed by atoms with Gasteiger partial charge in [-0.2, -0.15) is 0 Å². The normalized spacial score (nSPS) is 12.8. The molecule has 0 radical (unpaired) electrons. The van der Waals surface area contributed by atoms with Crippen LogP contribution in [0.2, 0.25) is 0 Å². The Bertz CT molecular complexity index is 1120. The fourth-order valence-corrected chi connectivity index (χ4v) is 3.44. The summed E-state index contributed by atoms with van der Waals surface area (Å²) >= 11 is 0. The van der Waals surface area contributed by atoms with Crippen LogP contribution in [-0.2, 0) is 11.3 Å². The number of pyridine rings is 1. The molecule has 0 saturated heterocycles. The molecule has 0 unspecified atom stereocenters. The molecule has 1 aromatic heterocycles. The third-order valence-corrected chi connectivity index (χ3v) is 4.95. The molecule has 1 aliphatic heterocycles. The van der Waals surface area contributed by atoms with Crippen LogP contribution >= 0.6 is 0 Å². The number of ether oxygens (including phenoxy) is 1. The largest absolute Gasteiger partial charge is 0.461 e. The van der Waals surface area contributed by atoms with Gasteiger partial charge in [-0.15, -0.1) is 0 Å². The maximum Gasteiger partial charge on any atom is 0.356 e. The number of amides is 2. The molecule has 2 aromatic carbocycles. The summed E-state index contributed by atoms with van der Waals surface area (Å²) in [5.41, 5.74) is 4.11. The zero-order valence-electron chi connectivity index (χ0n) is 16.7. The predicted octanol–water partition coefficient (Wildman–Crippen LogP) is 4.03. The van der Waals surface area contributed by atoms with Gasteiger partial charge in [-0.3, -0.25) is 14.5 Å². The molecular weight excluding hydrogens is 380 g/mol. The van der Waals surface area contributed by atoms with E-state index in [2.05, 4.69) is 4.98 Å². The van der Waals surface area contributed by atoms with E-state index in [-0.39, 0.29) is 30.7 Å². The van der Waals surface area contributed by atoms with Gasteiger partial charge in [0.25, 0.3) is 11.8 Å². The van der Waals surface area contributed by atoms with Crippen molar-refractivity contribution in [3.8, 4) is 11.1 Å². The highest BCUT2D eigenvalue weighted by Gasteiger charge is 2.35. The van der Waals surface area contributed by atoms with Crippen molar-refractivity contribution in [1.29, 1.82) is 0 Å². The summed E-state index contributed by atoms with van der Waals surface area (Å²) in [5.74, 6) is -1.28. The Kier molecular flexibility index (Phi) is 5.14. The summed E-state index contributed by atoms with van der Waals surface area (Å²) in [4.78, 5) is 43.3. The van der Waals surface area contributed by atoms with E-state index in [9.17, 15) is 14.4 Å². The first kappa shape index (κ1) is 19.5. The van der Waals surface area contributed by atoms with Crippen molar-refractivity contribution in [2.45, 2.75) is 20.4 Å². The number of rotatable bonds is 5. The van der Waals surface area contributed by atoms with Crippen molar-refractivity contribution in [1.82, 2.24) is 9.88 Å². The van der Waals surface area contributed by atoms with Crippen molar-refractivity contribution >= 4 is 17.8 Å². The van der Waals surface area contributed by atoms with Crippen molar-refractivity contribution in [3.63, 3.8) is 0 Å². The van der Waals surface area contributed by atoms with Crippen LogP contribution in [0, 0.1) is 6.92 Å². The van der Waals surface area contributed by atoms with Crippen LogP contribution in [0.3, 0.4) is 0 Å². The molecule has 6 heteroatoms. The predicted molar refractivity (Wildman–Crippen MR) is 111 cm³/mol. The summed E-state index contributed by atoms with van der Waals surface area (Å²) in [7, 11) is 0. The minimum Gasteiger partial charge on any atom is -0.461 e. The van der Waals surface area contributed by atoms with Crippen LogP contribution in [0.1, 0.15) is 49.4 Å². The van der Waals surface area contributed by atoms with Crippen LogP contribution in [0.25, 0.3) is 11.1 Å². The van der Waals surface area contributed by atoms with Crippen LogP contribution in [-0.4, -0.2) is 34.3 Å². The van der Waals surface area contributed by atoms with Crippen molar-refractivity contribution in [2.24, 2.45) is 0 Å². The van der Waals surface area contributed by atoms with E-state index < -0.39 is 5.97 Å². The van der Waals surface area contributed by atoms with E-state index in [1.54, 1.807) is 43.3 Å². The number of esters is 1. The quantitative estimate of drug-likeness (QED) is 0.477. The number of imide groups is 1. The summed E-state index contributed by atoms with van der Waals surface area (Å²) in [6.07, 6.45) is 0. The zero-order valence-corrected chi connectivity index (χ0v) is 16.7. The van der Waals surface area contributed by atoms with Gasteiger partial charge in [0, 0.05) is 0 Å². The Morgan fingerprint density at radius 3 is 2.17 bits per heavy atom. The van der Waals surface area contributed by atoms with Crippen molar-refractivity contribution < 1.29 is 19.1 Å². The molecule has 0 bridgehead atoms. The second kappa shape index (κ2) is 7.91. The summed E-state index contributed by atoms with van der Waals surface area (Å²) in [5, 5.41) is 0. The third kappa shape index (κ3) is 3.59. The molecule has 0 N–H and O–H groups in total. The standard InChI is InChI=1S/C24H20N2O4/c1-3-30-24(29)21-13-17(16-10-8-15(2)9-11-16)12-18(25-21)14-26-22(27)19-6-4-5-7-20(19)23(26)28/h4-13H,3,14H2,1-2H3. The highest BCUT2D eigenvalue weighted by Crippen LogP contribution is 2.26. The third-order valence-electron chi connectivity index (χ3n) is 4.95. The van der Waals surface area contributed by atoms with Crippen molar-refractivity contribution in [2.75, 3.05) is 6.61 Å². The lowest BCUT2D eigenvalue weighted by molar-refractivity contribution is 0.0519. The summed E-state index contributed by atoms with van der Waals surface area (Å²) in [6, 6.07) is 18.0. The van der Waals surface area contributed by atoms with Crippen molar-refractivity contribution in [3.05, 3.63) is 88.7 Å². The number of carbonyl (C=O) groups is 3. The number of aryl methyl sites for hydroxylation is 1. The van der Waals surface area contributed by atoms with Crippen LogP contribution in [0.4, 0.5) is 0 Å². The lowest BCUT2D eigenvalue weighted by Crippen LogP contribution is -2.29. The first-order valence-corrected chi connectivity index (χ1v) is 9.68. The first-order chi connectivity index (χ1) is 14.5. The van der Waals surface area contributed by atoms with Gasteiger partial charge in [-0.25, -0.2) is 9.78 Å².